The molecule has 2 rings (SSSR count). The van der Waals surface area contributed by atoms with Crippen molar-refractivity contribution in [3.8, 4) is 11.5 Å². The number of halogens is 1. The molecule has 1 amide bonds. The average Bonchev–Trinajstić information content (AvgIpc) is 3.16. The van der Waals surface area contributed by atoms with Crippen molar-refractivity contribution >= 4 is 21.8 Å². The summed E-state index contributed by atoms with van der Waals surface area (Å²) in [5.41, 5.74) is 0. The Morgan fingerprint density at radius 3 is 2.47 bits per heavy atom. The summed E-state index contributed by atoms with van der Waals surface area (Å²) >= 11 is 3.42. The number of hydrogen-bond donors (Lipinski definition) is 0. The quantitative estimate of drug-likeness (QED) is 0.806. The van der Waals surface area contributed by atoms with Crippen molar-refractivity contribution in [1.82, 2.24) is 4.90 Å². The molecular weight excluding hydrogens is 310 g/mol. The number of hydrogen-bond acceptors (Lipinski definition) is 3. The summed E-state index contributed by atoms with van der Waals surface area (Å²) in [7, 11) is 3.41. The van der Waals surface area contributed by atoms with Crippen LogP contribution in [-0.4, -0.2) is 38.1 Å². The van der Waals surface area contributed by atoms with Crippen LogP contribution < -0.4 is 9.47 Å². The highest BCUT2D eigenvalue weighted by Gasteiger charge is 2.22. The zero-order chi connectivity index (χ0) is 13.8. The lowest BCUT2D eigenvalue weighted by Gasteiger charge is -2.13. The van der Waals surface area contributed by atoms with E-state index in [1.807, 2.05) is 18.2 Å². The molecule has 1 aromatic rings. The predicted octanol–water partition coefficient (Wildman–Crippen LogP) is 2.70. The highest BCUT2D eigenvalue weighted by molar-refractivity contribution is 9.10. The van der Waals surface area contributed by atoms with Gasteiger partial charge in [-0.05, 0) is 30.9 Å². The third-order valence-electron chi connectivity index (χ3n) is 2.89. The fraction of sp³-hybridized carbons (Fsp3) is 0.500. The molecule has 1 aromatic carbocycles. The molecule has 1 saturated carbocycles. The van der Waals surface area contributed by atoms with Crippen molar-refractivity contribution in [1.29, 1.82) is 0 Å². The monoisotopic (exact) mass is 327 g/mol. The first-order valence-corrected chi connectivity index (χ1v) is 7.10. The Balaban J connectivity index is 1.93. The van der Waals surface area contributed by atoms with Crippen molar-refractivity contribution in [2.45, 2.75) is 12.8 Å². The SMILES string of the molecule is CN(C)C(=O)COc1cc(Br)cc(OCC2CC2)c1. The molecular formula is C14H18BrNO3. The number of ether oxygens (including phenoxy) is 2. The zero-order valence-electron chi connectivity index (χ0n) is 11.2. The van der Waals surface area contributed by atoms with Crippen LogP contribution in [0.15, 0.2) is 22.7 Å². The molecule has 1 aliphatic rings. The largest absolute Gasteiger partial charge is 0.493 e. The van der Waals surface area contributed by atoms with Gasteiger partial charge in [0.1, 0.15) is 11.5 Å². The minimum Gasteiger partial charge on any atom is -0.493 e. The molecule has 19 heavy (non-hydrogen) atoms. The van der Waals surface area contributed by atoms with Crippen molar-refractivity contribution in [3.05, 3.63) is 22.7 Å². The van der Waals surface area contributed by atoms with Crippen molar-refractivity contribution < 1.29 is 14.3 Å². The van der Waals surface area contributed by atoms with Crippen LogP contribution in [0, 0.1) is 5.92 Å². The first-order chi connectivity index (χ1) is 9.04. The Kier molecular flexibility index (Phi) is 4.69. The Labute approximate surface area is 121 Å². The van der Waals surface area contributed by atoms with Gasteiger partial charge in [0.05, 0.1) is 6.61 Å². The summed E-state index contributed by atoms with van der Waals surface area (Å²) in [5.74, 6) is 2.04. The van der Waals surface area contributed by atoms with Gasteiger partial charge in [-0.25, -0.2) is 0 Å². The third kappa shape index (κ3) is 4.74. The number of carbonyl (C=O) groups excluding carboxylic acids is 1. The molecule has 0 heterocycles. The summed E-state index contributed by atoms with van der Waals surface area (Å²) in [6.07, 6.45) is 2.52. The summed E-state index contributed by atoms with van der Waals surface area (Å²) in [4.78, 5) is 13.0. The van der Waals surface area contributed by atoms with E-state index in [0.717, 1.165) is 16.8 Å². The van der Waals surface area contributed by atoms with Crippen LogP contribution in [0.25, 0.3) is 0 Å². The lowest BCUT2D eigenvalue weighted by atomic mass is 10.3. The van der Waals surface area contributed by atoms with Crippen LogP contribution in [0.4, 0.5) is 0 Å². The summed E-state index contributed by atoms with van der Waals surface area (Å²) in [5, 5.41) is 0. The number of nitrogens with zero attached hydrogens (tertiary/aromatic N) is 1. The van der Waals surface area contributed by atoms with Gasteiger partial charge in [0, 0.05) is 24.6 Å². The Hall–Kier alpha value is -1.23. The summed E-state index contributed by atoms with van der Waals surface area (Å²) < 4.78 is 12.1. The van der Waals surface area contributed by atoms with Gasteiger partial charge >= 0.3 is 0 Å². The van der Waals surface area contributed by atoms with Crippen LogP contribution >= 0.6 is 15.9 Å². The lowest BCUT2D eigenvalue weighted by Crippen LogP contribution is -2.27. The minimum atomic E-state index is -0.0691. The van der Waals surface area contributed by atoms with E-state index in [0.29, 0.717) is 11.7 Å². The van der Waals surface area contributed by atoms with Crippen LogP contribution in [0.3, 0.4) is 0 Å². The minimum absolute atomic E-state index is 0.0333. The predicted molar refractivity (Wildman–Crippen MR) is 76.6 cm³/mol. The molecule has 104 valence electrons. The maximum absolute atomic E-state index is 11.5. The van der Waals surface area contributed by atoms with E-state index in [2.05, 4.69) is 15.9 Å². The van der Waals surface area contributed by atoms with E-state index >= 15 is 0 Å². The Morgan fingerprint density at radius 1 is 1.26 bits per heavy atom. The van der Waals surface area contributed by atoms with Gasteiger partial charge in [0.15, 0.2) is 6.61 Å². The van der Waals surface area contributed by atoms with Gasteiger partial charge in [0.25, 0.3) is 5.91 Å². The molecule has 4 nitrogen and oxygen atoms in total. The molecule has 0 bridgehead atoms. The number of carbonyl (C=O) groups is 1. The molecule has 1 fully saturated rings. The second-order valence-corrected chi connectivity index (χ2v) is 5.87. The molecule has 0 radical (unpaired) electrons. The van der Waals surface area contributed by atoms with E-state index < -0.39 is 0 Å². The van der Waals surface area contributed by atoms with Crippen molar-refractivity contribution in [3.63, 3.8) is 0 Å². The molecule has 0 spiro atoms. The van der Waals surface area contributed by atoms with E-state index in [1.165, 1.54) is 17.7 Å². The standard InChI is InChI=1S/C14H18BrNO3/c1-16(2)14(17)9-19-13-6-11(15)5-12(7-13)18-8-10-3-4-10/h5-7,10H,3-4,8-9H2,1-2H3. The Bertz CT molecular complexity index is 458. The molecule has 0 aromatic heterocycles. The number of amides is 1. The topological polar surface area (TPSA) is 38.8 Å². The first kappa shape index (κ1) is 14.2. The molecule has 0 N–H and O–H groups in total. The fourth-order valence-electron chi connectivity index (χ4n) is 1.48. The number of benzene rings is 1. The van der Waals surface area contributed by atoms with Gasteiger partial charge < -0.3 is 14.4 Å². The highest BCUT2D eigenvalue weighted by Crippen LogP contribution is 2.31. The Morgan fingerprint density at radius 2 is 1.89 bits per heavy atom. The normalized spacial score (nSPS) is 14.1. The van der Waals surface area contributed by atoms with Crippen LogP contribution in [0.2, 0.25) is 0 Å². The smallest absolute Gasteiger partial charge is 0.259 e. The maximum atomic E-state index is 11.5. The second kappa shape index (κ2) is 6.28. The van der Waals surface area contributed by atoms with E-state index in [4.69, 9.17) is 9.47 Å². The fourth-order valence-corrected chi connectivity index (χ4v) is 1.93. The number of likely N-dealkylation sites (N-methyl/N-ethyl adjacent to an activating group) is 1. The van der Waals surface area contributed by atoms with Crippen molar-refractivity contribution in [2.75, 3.05) is 27.3 Å². The average molecular weight is 328 g/mol. The molecule has 0 atom stereocenters. The van der Waals surface area contributed by atoms with E-state index in [-0.39, 0.29) is 12.5 Å². The van der Waals surface area contributed by atoms with Crippen LogP contribution in [0.5, 0.6) is 11.5 Å². The van der Waals surface area contributed by atoms with E-state index in [1.54, 1.807) is 14.1 Å². The van der Waals surface area contributed by atoms with Crippen molar-refractivity contribution in [2.24, 2.45) is 5.92 Å². The van der Waals surface area contributed by atoms with Crippen LogP contribution in [0.1, 0.15) is 12.8 Å². The van der Waals surface area contributed by atoms with Gasteiger partial charge in [-0.15, -0.1) is 0 Å². The molecule has 1 aliphatic carbocycles. The maximum Gasteiger partial charge on any atom is 0.259 e. The number of rotatable bonds is 6. The third-order valence-corrected chi connectivity index (χ3v) is 3.35. The van der Waals surface area contributed by atoms with Gasteiger partial charge in [-0.3, -0.25) is 4.79 Å². The molecule has 5 heteroatoms. The van der Waals surface area contributed by atoms with Gasteiger partial charge in [-0.2, -0.15) is 0 Å². The van der Waals surface area contributed by atoms with Gasteiger partial charge in [0.2, 0.25) is 0 Å². The van der Waals surface area contributed by atoms with Crippen LogP contribution in [-0.2, 0) is 4.79 Å². The molecule has 0 aliphatic heterocycles. The molecule has 0 saturated heterocycles. The van der Waals surface area contributed by atoms with E-state index in [9.17, 15) is 4.79 Å². The first-order valence-electron chi connectivity index (χ1n) is 6.31. The zero-order valence-corrected chi connectivity index (χ0v) is 12.8. The van der Waals surface area contributed by atoms with Gasteiger partial charge in [-0.1, -0.05) is 15.9 Å². The second-order valence-electron chi connectivity index (χ2n) is 4.95. The summed E-state index contributed by atoms with van der Waals surface area (Å²) in [6, 6.07) is 5.55. The molecule has 0 unspecified atom stereocenters. The summed E-state index contributed by atoms with van der Waals surface area (Å²) in [6.45, 7) is 0.790. The highest BCUT2D eigenvalue weighted by atomic mass is 79.9. The lowest BCUT2D eigenvalue weighted by molar-refractivity contribution is -0.130.